The SMILES string of the molecule is O=C(O)N[C@H]1CCC[C@@H]1[C@](CN1CCC1)(c1cccc(F)c1)C1CCN(C[C@H]2CN(c3ccc(S(=O)(=O)C4CN(C(=O)/C=C/CN5CCCCC5)C4)cc3)C[C@H]2O)CC1. The molecule has 5 atom stereocenters. The average molecular weight is 835 g/mol. The van der Waals surface area contributed by atoms with Gasteiger partial charge in [-0.3, -0.25) is 9.69 Å². The van der Waals surface area contributed by atoms with Crippen LogP contribution in [0.5, 0.6) is 0 Å². The molecule has 322 valence electrons. The van der Waals surface area contributed by atoms with Gasteiger partial charge in [0.2, 0.25) is 5.91 Å². The lowest BCUT2D eigenvalue weighted by Crippen LogP contribution is -2.59. The van der Waals surface area contributed by atoms with Crippen molar-refractivity contribution < 1.29 is 32.6 Å². The van der Waals surface area contributed by atoms with E-state index in [-0.39, 0.29) is 58.9 Å². The first-order chi connectivity index (χ1) is 28.5. The number of amides is 2. The summed E-state index contributed by atoms with van der Waals surface area (Å²) in [5, 5.41) is 23.3. The third-order valence-corrected chi connectivity index (χ3v) is 16.8. The first-order valence-corrected chi connectivity index (χ1v) is 23.7. The minimum Gasteiger partial charge on any atom is -0.465 e. The van der Waals surface area contributed by atoms with Gasteiger partial charge in [0.1, 0.15) is 11.1 Å². The van der Waals surface area contributed by atoms with E-state index >= 15 is 4.39 Å². The van der Waals surface area contributed by atoms with Crippen LogP contribution >= 0.6 is 0 Å². The number of likely N-dealkylation sites (tertiary alicyclic amines) is 4. The van der Waals surface area contributed by atoms with Crippen LogP contribution in [0.3, 0.4) is 0 Å². The van der Waals surface area contributed by atoms with Crippen LogP contribution in [-0.4, -0.2) is 153 Å². The number of rotatable bonds is 14. The highest BCUT2D eigenvalue weighted by atomic mass is 32.2. The van der Waals surface area contributed by atoms with Crippen molar-refractivity contribution >= 4 is 27.5 Å². The van der Waals surface area contributed by atoms with E-state index in [4.69, 9.17) is 0 Å². The summed E-state index contributed by atoms with van der Waals surface area (Å²) in [5.41, 5.74) is 1.48. The fraction of sp³-hybridized carbons (Fsp3) is 0.644. The third-order valence-electron chi connectivity index (χ3n) is 14.7. The number of carbonyl (C=O) groups excluding carboxylic acids is 1. The Morgan fingerprint density at radius 3 is 2.24 bits per heavy atom. The van der Waals surface area contributed by atoms with E-state index in [1.807, 2.05) is 18.2 Å². The number of β-amino-alcohol motifs (C(OH)–C–C–N with tert-alkyl or cyclic N) is 1. The van der Waals surface area contributed by atoms with Crippen LogP contribution in [0.4, 0.5) is 14.9 Å². The van der Waals surface area contributed by atoms with Crippen LogP contribution in [0.1, 0.15) is 63.4 Å². The second-order valence-corrected chi connectivity index (χ2v) is 20.5. The second kappa shape index (κ2) is 18.2. The predicted octanol–water partition coefficient (Wildman–Crippen LogP) is 4.44. The molecule has 6 fully saturated rings. The van der Waals surface area contributed by atoms with Crippen molar-refractivity contribution in [3.05, 3.63) is 72.1 Å². The molecule has 0 spiro atoms. The van der Waals surface area contributed by atoms with Crippen LogP contribution < -0.4 is 10.2 Å². The van der Waals surface area contributed by atoms with Crippen LogP contribution in [0, 0.1) is 23.6 Å². The molecule has 2 amide bonds. The topological polar surface area (TPSA) is 137 Å². The summed E-state index contributed by atoms with van der Waals surface area (Å²) >= 11 is 0. The number of aliphatic hydroxyl groups is 1. The average Bonchev–Trinajstić information content (AvgIpc) is 3.80. The number of hydrogen-bond donors (Lipinski definition) is 3. The molecule has 5 saturated heterocycles. The van der Waals surface area contributed by atoms with Crippen molar-refractivity contribution in [2.45, 2.75) is 85.5 Å². The van der Waals surface area contributed by atoms with Gasteiger partial charge in [-0.05, 0) is 138 Å². The van der Waals surface area contributed by atoms with Crippen molar-refractivity contribution in [2.24, 2.45) is 17.8 Å². The number of carboxylic acid groups (broad SMARTS) is 1. The van der Waals surface area contributed by atoms with Gasteiger partial charge in [0.25, 0.3) is 0 Å². The molecular formula is C45H63FN6O6S. The number of nitrogens with zero attached hydrogens (tertiary/aromatic N) is 5. The fourth-order valence-electron chi connectivity index (χ4n) is 11.3. The monoisotopic (exact) mass is 834 g/mol. The Balaban J connectivity index is 0.867. The molecular weight excluding hydrogens is 772 g/mol. The second-order valence-electron chi connectivity index (χ2n) is 18.2. The minimum atomic E-state index is -3.59. The Morgan fingerprint density at radius 1 is 0.831 bits per heavy atom. The molecule has 12 nitrogen and oxygen atoms in total. The van der Waals surface area contributed by atoms with Gasteiger partial charge >= 0.3 is 6.09 Å². The molecule has 0 radical (unpaired) electrons. The molecule has 1 saturated carbocycles. The van der Waals surface area contributed by atoms with Gasteiger partial charge in [-0.25, -0.2) is 17.6 Å². The van der Waals surface area contributed by atoms with Gasteiger partial charge in [-0.15, -0.1) is 0 Å². The fourth-order valence-corrected chi connectivity index (χ4v) is 12.9. The maximum atomic E-state index is 15.0. The number of benzene rings is 2. The van der Waals surface area contributed by atoms with E-state index in [1.165, 1.54) is 25.3 Å². The molecule has 0 unspecified atom stereocenters. The summed E-state index contributed by atoms with van der Waals surface area (Å²) in [6.07, 6.45) is 11.2. The van der Waals surface area contributed by atoms with Crippen LogP contribution in [-0.2, 0) is 20.0 Å². The van der Waals surface area contributed by atoms with Gasteiger partial charge in [-0.2, -0.15) is 0 Å². The van der Waals surface area contributed by atoms with E-state index in [0.717, 1.165) is 109 Å². The molecule has 2 aromatic carbocycles. The molecule has 3 N–H and O–H groups in total. The number of hydrogen-bond acceptors (Lipinski definition) is 9. The molecule has 8 rings (SSSR count). The largest absolute Gasteiger partial charge is 0.465 e. The quantitative estimate of drug-likeness (QED) is 0.235. The molecule has 14 heteroatoms. The highest BCUT2D eigenvalue weighted by Gasteiger charge is 2.53. The zero-order valence-electron chi connectivity index (χ0n) is 34.3. The van der Waals surface area contributed by atoms with Crippen LogP contribution in [0.2, 0.25) is 0 Å². The normalized spacial score (nSPS) is 27.8. The summed E-state index contributed by atoms with van der Waals surface area (Å²) in [6.45, 7) is 9.63. The number of sulfone groups is 1. The van der Waals surface area contributed by atoms with Gasteiger partial charge < -0.3 is 35.1 Å². The summed E-state index contributed by atoms with van der Waals surface area (Å²) in [6, 6.07) is 13.9. The van der Waals surface area contributed by atoms with Crippen molar-refractivity contribution in [3.8, 4) is 0 Å². The van der Waals surface area contributed by atoms with E-state index in [2.05, 4.69) is 31.0 Å². The van der Waals surface area contributed by atoms with Crippen molar-refractivity contribution in [1.29, 1.82) is 0 Å². The van der Waals surface area contributed by atoms with Crippen molar-refractivity contribution in [2.75, 3.05) is 90.0 Å². The molecule has 5 heterocycles. The summed E-state index contributed by atoms with van der Waals surface area (Å²) in [7, 11) is -3.59. The van der Waals surface area contributed by atoms with Gasteiger partial charge in [0, 0.05) is 75.0 Å². The number of aliphatic hydroxyl groups excluding tert-OH is 1. The van der Waals surface area contributed by atoms with E-state index in [9.17, 15) is 28.2 Å². The smallest absolute Gasteiger partial charge is 0.404 e. The Kier molecular flexibility index (Phi) is 13.0. The van der Waals surface area contributed by atoms with E-state index < -0.39 is 27.3 Å². The molecule has 5 aliphatic heterocycles. The van der Waals surface area contributed by atoms with Crippen LogP contribution in [0.25, 0.3) is 0 Å². The summed E-state index contributed by atoms with van der Waals surface area (Å²) in [4.78, 5) is 35.9. The number of carbonyl (C=O) groups is 2. The molecule has 1 aliphatic carbocycles. The first-order valence-electron chi connectivity index (χ1n) is 22.1. The first kappa shape index (κ1) is 42.1. The van der Waals surface area contributed by atoms with Gasteiger partial charge in [-0.1, -0.05) is 31.1 Å². The highest BCUT2D eigenvalue weighted by molar-refractivity contribution is 7.92. The molecule has 2 aromatic rings. The van der Waals surface area contributed by atoms with Crippen molar-refractivity contribution in [1.82, 2.24) is 24.9 Å². The maximum Gasteiger partial charge on any atom is 0.404 e. The highest BCUT2D eigenvalue weighted by Crippen LogP contribution is 2.51. The Bertz CT molecular complexity index is 1910. The molecule has 59 heavy (non-hydrogen) atoms. The maximum absolute atomic E-state index is 15.0. The lowest BCUT2D eigenvalue weighted by molar-refractivity contribution is -0.129. The standard InChI is InChI=1S/C45H63FN6O6S/c46-36-9-4-8-35(26-36)45(32-50-22-7-23-50,40-10-5-11-41(40)47-44(55)56)34-17-24-49(25-18-34)27-33-28-51(31-42(33)53)37-13-15-38(16-14-37)59(57,58)39-29-52(30-39)43(54)12-6-21-48-19-2-1-3-20-48/h4,6,8-9,12-16,26,33-34,39-42,47,53H,1-3,5,7,10-11,17-25,27-32H2,(H,55,56)/b12-6+/t33-,40-,41-,42+,45-/m0/s1. The Hall–Kier alpha value is -3.56. The molecule has 6 aliphatic rings. The summed E-state index contributed by atoms with van der Waals surface area (Å²) in [5.74, 6) is -0.0537. The van der Waals surface area contributed by atoms with E-state index in [1.54, 1.807) is 35.2 Å². The zero-order chi connectivity index (χ0) is 41.1. The van der Waals surface area contributed by atoms with Gasteiger partial charge in [0.15, 0.2) is 9.84 Å². The number of halogens is 1. The predicted molar refractivity (Wildman–Crippen MR) is 226 cm³/mol. The van der Waals surface area contributed by atoms with Gasteiger partial charge in [0.05, 0.1) is 11.0 Å². The lowest BCUT2D eigenvalue weighted by Gasteiger charge is -2.53. The number of anilines is 1. The van der Waals surface area contributed by atoms with Crippen LogP contribution in [0.15, 0.2) is 65.6 Å². The third kappa shape index (κ3) is 9.22. The summed E-state index contributed by atoms with van der Waals surface area (Å²) < 4.78 is 42.0. The van der Waals surface area contributed by atoms with Crippen molar-refractivity contribution in [3.63, 3.8) is 0 Å². The Morgan fingerprint density at radius 2 is 1.56 bits per heavy atom. The lowest BCUT2D eigenvalue weighted by atomic mass is 9.57. The van der Waals surface area contributed by atoms with E-state index in [0.29, 0.717) is 13.1 Å². The number of nitrogens with one attached hydrogen (secondary N) is 1. The number of piperidine rings is 2. The molecule has 0 aromatic heterocycles. The minimum absolute atomic E-state index is 0.0235. The molecule has 0 bridgehead atoms. The zero-order valence-corrected chi connectivity index (χ0v) is 35.2. The Labute approximate surface area is 349 Å².